The number of likely N-dealkylation sites (N-methyl/N-ethyl adjacent to an activating group) is 1. The van der Waals surface area contributed by atoms with E-state index in [4.69, 9.17) is 5.11 Å². The molecule has 0 radical (unpaired) electrons. The van der Waals surface area contributed by atoms with E-state index in [0.29, 0.717) is 0 Å². The van der Waals surface area contributed by atoms with E-state index in [2.05, 4.69) is 5.32 Å². The molecule has 20 heavy (non-hydrogen) atoms. The van der Waals surface area contributed by atoms with Gasteiger partial charge in [-0.15, -0.1) is 0 Å². The maximum atomic E-state index is 12.0. The molecule has 0 aliphatic carbocycles. The molecule has 0 spiro atoms. The molecule has 114 valence electrons. The van der Waals surface area contributed by atoms with Crippen molar-refractivity contribution in [2.45, 2.75) is 24.7 Å². The van der Waals surface area contributed by atoms with Crippen molar-refractivity contribution in [3.05, 3.63) is 0 Å². The number of aliphatic carboxylic acids is 1. The van der Waals surface area contributed by atoms with Crippen LogP contribution in [-0.2, 0) is 14.4 Å². The third-order valence-corrected chi connectivity index (χ3v) is 2.82. The molecule has 2 amide bonds. The van der Waals surface area contributed by atoms with E-state index in [1.807, 2.05) is 0 Å². The predicted octanol–water partition coefficient (Wildman–Crippen LogP) is -1.06. The molecule has 1 heterocycles. The second kappa shape index (κ2) is 6.07. The number of hydrogen-bond donors (Lipinski definition) is 3. The van der Waals surface area contributed by atoms with Crippen molar-refractivity contribution in [1.29, 1.82) is 0 Å². The fourth-order valence-electron chi connectivity index (χ4n) is 1.88. The summed E-state index contributed by atoms with van der Waals surface area (Å²) in [7, 11) is 1.47. The van der Waals surface area contributed by atoms with E-state index in [1.54, 1.807) is 5.32 Å². The minimum atomic E-state index is -5.00. The molecule has 1 rings (SSSR count). The van der Waals surface area contributed by atoms with Crippen LogP contribution in [0.3, 0.4) is 0 Å². The molecule has 0 saturated carbocycles. The number of amides is 2. The van der Waals surface area contributed by atoms with E-state index >= 15 is 0 Å². The van der Waals surface area contributed by atoms with Gasteiger partial charge in [0.15, 0.2) is 0 Å². The lowest BCUT2D eigenvalue weighted by atomic mass is 10.1. The van der Waals surface area contributed by atoms with Crippen LogP contribution in [0.4, 0.5) is 13.2 Å². The Balaban J connectivity index is 2.54. The summed E-state index contributed by atoms with van der Waals surface area (Å²) in [6.45, 7) is -0.328. The van der Waals surface area contributed by atoms with Crippen molar-refractivity contribution in [1.82, 2.24) is 15.5 Å². The Morgan fingerprint density at radius 3 is 2.55 bits per heavy atom. The first-order valence-electron chi connectivity index (χ1n) is 5.68. The monoisotopic (exact) mass is 297 g/mol. The zero-order valence-electron chi connectivity index (χ0n) is 10.5. The number of carbonyl (C=O) groups is 3. The van der Waals surface area contributed by atoms with E-state index in [1.165, 1.54) is 11.9 Å². The molecular weight excluding hydrogens is 283 g/mol. The number of hydrogen-bond acceptors (Lipinski definition) is 4. The van der Waals surface area contributed by atoms with Gasteiger partial charge in [0.25, 0.3) is 0 Å². The van der Waals surface area contributed by atoms with E-state index in [-0.39, 0.29) is 13.0 Å². The van der Waals surface area contributed by atoms with E-state index in [0.717, 1.165) is 0 Å². The molecule has 0 aromatic rings. The van der Waals surface area contributed by atoms with Gasteiger partial charge in [-0.2, -0.15) is 13.2 Å². The molecule has 0 aromatic carbocycles. The summed E-state index contributed by atoms with van der Waals surface area (Å²) in [4.78, 5) is 34.3. The number of piperazine rings is 1. The van der Waals surface area contributed by atoms with Crippen molar-refractivity contribution in [3.63, 3.8) is 0 Å². The highest BCUT2D eigenvalue weighted by atomic mass is 19.4. The lowest BCUT2D eigenvalue weighted by Gasteiger charge is -2.36. The highest BCUT2D eigenvalue weighted by molar-refractivity contribution is 5.86. The van der Waals surface area contributed by atoms with Crippen LogP contribution in [0.1, 0.15) is 6.42 Å². The summed E-state index contributed by atoms with van der Waals surface area (Å²) >= 11 is 0. The average Bonchev–Trinajstić information content (AvgIpc) is 2.25. The van der Waals surface area contributed by atoms with Crippen molar-refractivity contribution in [3.8, 4) is 0 Å². The van der Waals surface area contributed by atoms with Crippen molar-refractivity contribution >= 4 is 17.8 Å². The third kappa shape index (κ3) is 4.37. The smallest absolute Gasteiger partial charge is 0.471 e. The van der Waals surface area contributed by atoms with Crippen LogP contribution in [0.25, 0.3) is 0 Å². The van der Waals surface area contributed by atoms with Gasteiger partial charge in [0.2, 0.25) is 5.91 Å². The Morgan fingerprint density at radius 2 is 2.10 bits per heavy atom. The zero-order chi connectivity index (χ0) is 15.5. The number of nitrogens with zero attached hydrogens (tertiary/aromatic N) is 1. The Kier molecular flexibility index (Phi) is 4.93. The van der Waals surface area contributed by atoms with Gasteiger partial charge in [-0.05, 0) is 7.05 Å². The van der Waals surface area contributed by atoms with Crippen molar-refractivity contribution in [2.75, 3.05) is 20.1 Å². The van der Waals surface area contributed by atoms with Gasteiger partial charge in [-0.3, -0.25) is 19.3 Å². The first kappa shape index (κ1) is 16.2. The number of nitrogens with one attached hydrogen (secondary N) is 2. The molecule has 1 fully saturated rings. The van der Waals surface area contributed by atoms with Crippen LogP contribution in [-0.4, -0.2) is 66.2 Å². The summed E-state index contributed by atoms with van der Waals surface area (Å²) < 4.78 is 36.0. The van der Waals surface area contributed by atoms with Crippen LogP contribution < -0.4 is 10.6 Å². The fraction of sp³-hybridized carbons (Fsp3) is 0.700. The number of carboxylic acid groups (broad SMARTS) is 1. The van der Waals surface area contributed by atoms with E-state index < -0.39 is 42.6 Å². The molecule has 7 nitrogen and oxygen atoms in total. The SMILES string of the molecule is CN1C[C@H](CC(=O)O)NC(=O)[C@@H]1CNC(=O)C(F)(F)F. The summed E-state index contributed by atoms with van der Waals surface area (Å²) in [5, 5.41) is 12.6. The Labute approximate surface area is 112 Å². The summed E-state index contributed by atoms with van der Waals surface area (Å²) in [5.41, 5.74) is 0. The predicted molar refractivity (Wildman–Crippen MR) is 59.7 cm³/mol. The first-order chi connectivity index (χ1) is 9.11. The van der Waals surface area contributed by atoms with E-state index in [9.17, 15) is 27.6 Å². The molecule has 2 atom stereocenters. The van der Waals surface area contributed by atoms with Crippen molar-refractivity contribution in [2.24, 2.45) is 0 Å². The topological polar surface area (TPSA) is 98.7 Å². The molecule has 3 N–H and O–H groups in total. The number of halogens is 3. The molecule has 1 saturated heterocycles. The normalized spacial score (nSPS) is 24.1. The standard InChI is InChI=1S/C10H14F3N3O4/c1-16-4-5(2-7(17)18)15-8(19)6(16)3-14-9(20)10(11,12)13/h5-6H,2-4H2,1H3,(H,14,20)(H,15,19)(H,17,18)/t5-,6-/m0/s1. The molecule has 10 heteroatoms. The molecule has 1 aliphatic rings. The third-order valence-electron chi connectivity index (χ3n) is 2.82. The molecule has 0 bridgehead atoms. The van der Waals surface area contributed by atoms with Gasteiger partial charge in [0.05, 0.1) is 12.5 Å². The highest BCUT2D eigenvalue weighted by Crippen LogP contribution is 2.14. The minimum Gasteiger partial charge on any atom is -0.481 e. The van der Waals surface area contributed by atoms with Gasteiger partial charge in [0.1, 0.15) is 6.04 Å². The Bertz CT molecular complexity index is 413. The van der Waals surface area contributed by atoms with Gasteiger partial charge in [-0.1, -0.05) is 0 Å². The molecule has 0 unspecified atom stereocenters. The lowest BCUT2D eigenvalue weighted by Crippen LogP contribution is -2.62. The molecule has 0 aromatic heterocycles. The van der Waals surface area contributed by atoms with Crippen LogP contribution in [0.15, 0.2) is 0 Å². The number of rotatable bonds is 4. The van der Waals surface area contributed by atoms with Crippen molar-refractivity contribution < 1.29 is 32.7 Å². The van der Waals surface area contributed by atoms with Gasteiger partial charge < -0.3 is 15.7 Å². The van der Waals surface area contributed by atoms with Gasteiger partial charge in [-0.25, -0.2) is 0 Å². The summed E-state index contributed by atoms with van der Waals surface area (Å²) in [6.07, 6.45) is -5.28. The largest absolute Gasteiger partial charge is 0.481 e. The summed E-state index contributed by atoms with van der Waals surface area (Å²) in [5.74, 6) is -3.83. The maximum Gasteiger partial charge on any atom is 0.471 e. The number of carboxylic acids is 1. The summed E-state index contributed by atoms with van der Waals surface area (Å²) in [6, 6.07) is -1.58. The van der Waals surface area contributed by atoms with Gasteiger partial charge >= 0.3 is 18.1 Å². The fourth-order valence-corrected chi connectivity index (χ4v) is 1.88. The Hall–Kier alpha value is -1.84. The minimum absolute atomic E-state index is 0.171. The molecule has 1 aliphatic heterocycles. The zero-order valence-corrected chi connectivity index (χ0v) is 10.5. The first-order valence-corrected chi connectivity index (χ1v) is 5.68. The number of carbonyl (C=O) groups excluding carboxylic acids is 2. The second-order valence-corrected chi connectivity index (χ2v) is 4.47. The lowest BCUT2D eigenvalue weighted by molar-refractivity contribution is -0.173. The van der Waals surface area contributed by atoms with Gasteiger partial charge in [0, 0.05) is 13.1 Å². The van der Waals surface area contributed by atoms with Crippen LogP contribution in [0, 0.1) is 0 Å². The average molecular weight is 297 g/mol. The van der Waals surface area contributed by atoms with Crippen LogP contribution in [0.2, 0.25) is 0 Å². The van der Waals surface area contributed by atoms with Crippen LogP contribution in [0.5, 0.6) is 0 Å². The maximum absolute atomic E-state index is 12.0. The Morgan fingerprint density at radius 1 is 1.50 bits per heavy atom. The highest BCUT2D eigenvalue weighted by Gasteiger charge is 2.40. The quantitative estimate of drug-likeness (QED) is 0.614. The van der Waals surface area contributed by atoms with Crippen LogP contribution >= 0.6 is 0 Å². The molecular formula is C10H14F3N3O4. The second-order valence-electron chi connectivity index (χ2n) is 4.47. The number of alkyl halides is 3.